The summed E-state index contributed by atoms with van der Waals surface area (Å²) >= 11 is 0. The largest absolute Gasteiger partial charge is 0.417 e. The van der Waals surface area contributed by atoms with Crippen molar-refractivity contribution in [3.63, 3.8) is 0 Å². The Balaban J connectivity index is 0.000000439. The second-order valence-corrected chi connectivity index (χ2v) is 8.74. The zero-order valence-electron chi connectivity index (χ0n) is 17.9. The number of nitrogens with zero attached hydrogens (tertiary/aromatic N) is 1. The number of benzene rings is 1. The van der Waals surface area contributed by atoms with Gasteiger partial charge in [0, 0.05) is 19.1 Å². The Morgan fingerprint density at radius 1 is 1.25 bits per heavy atom. The third-order valence-corrected chi connectivity index (χ3v) is 5.68. The van der Waals surface area contributed by atoms with Crippen LogP contribution in [0.5, 0.6) is 0 Å². The van der Waals surface area contributed by atoms with E-state index < -0.39 is 28.4 Å². The Labute approximate surface area is 187 Å². The lowest BCUT2D eigenvalue weighted by atomic mass is 10.1. The molecule has 32 heavy (non-hydrogen) atoms. The molecule has 1 amide bonds. The number of pyridine rings is 1. The first-order valence-electron chi connectivity index (χ1n) is 10.1. The highest BCUT2D eigenvalue weighted by atomic mass is 32.2. The van der Waals surface area contributed by atoms with Gasteiger partial charge in [-0.2, -0.15) is 13.2 Å². The van der Waals surface area contributed by atoms with Gasteiger partial charge in [0.25, 0.3) is 0 Å². The van der Waals surface area contributed by atoms with E-state index in [4.69, 9.17) is 9.84 Å². The summed E-state index contributed by atoms with van der Waals surface area (Å²) in [5.41, 5.74) is -0.300. The summed E-state index contributed by atoms with van der Waals surface area (Å²) in [7, 11) is -1.79. The average Bonchev–Trinajstić information content (AvgIpc) is 2.74. The van der Waals surface area contributed by atoms with Crippen molar-refractivity contribution in [3.05, 3.63) is 53.2 Å². The number of carbonyl (C=O) groups excluding carboxylic acids is 1. The van der Waals surface area contributed by atoms with E-state index in [0.717, 1.165) is 18.7 Å². The van der Waals surface area contributed by atoms with Crippen LogP contribution in [0.3, 0.4) is 0 Å². The van der Waals surface area contributed by atoms with Gasteiger partial charge in [-0.15, -0.1) is 0 Å². The van der Waals surface area contributed by atoms with Crippen molar-refractivity contribution in [3.8, 4) is 0 Å². The quantitative estimate of drug-likeness (QED) is 0.685. The first kappa shape index (κ1) is 26.0. The summed E-state index contributed by atoms with van der Waals surface area (Å²) in [4.78, 5) is 15.6. The predicted octanol–water partition coefficient (Wildman–Crippen LogP) is 4.09. The van der Waals surface area contributed by atoms with Gasteiger partial charge < -0.3 is 15.2 Å². The van der Waals surface area contributed by atoms with E-state index in [9.17, 15) is 22.2 Å². The van der Waals surface area contributed by atoms with Crippen LogP contribution < -0.4 is 5.32 Å². The fourth-order valence-electron chi connectivity index (χ4n) is 3.03. The molecule has 2 N–H and O–H groups in total. The molecular formula is C22H27F3N2O4S. The summed E-state index contributed by atoms with van der Waals surface area (Å²) in [5, 5.41) is 11.4. The molecule has 1 fully saturated rings. The Kier molecular flexibility index (Phi) is 9.80. The Morgan fingerprint density at radius 3 is 2.44 bits per heavy atom. The minimum Gasteiger partial charge on any atom is -0.392 e. The lowest BCUT2D eigenvalue weighted by molar-refractivity contribution is -0.140. The highest BCUT2D eigenvalue weighted by Crippen LogP contribution is 2.34. The Hall–Kier alpha value is -2.30. The number of ether oxygens (including phenoxy) is 1. The summed E-state index contributed by atoms with van der Waals surface area (Å²) in [6, 6.07) is 6.34. The number of halogens is 3. The summed E-state index contributed by atoms with van der Waals surface area (Å²) in [6.45, 7) is 2.94. The number of aliphatic hydroxyl groups is 1. The van der Waals surface area contributed by atoms with Crippen LogP contribution in [0.2, 0.25) is 0 Å². The lowest BCUT2D eigenvalue weighted by Gasteiger charge is -2.17. The van der Waals surface area contributed by atoms with Crippen molar-refractivity contribution < 1.29 is 32.0 Å². The topological polar surface area (TPSA) is 88.5 Å². The number of nitrogens with one attached hydrogen (secondary N) is 1. The highest BCUT2D eigenvalue weighted by molar-refractivity contribution is 7.84. The smallest absolute Gasteiger partial charge is 0.392 e. The number of aromatic nitrogens is 1. The molecule has 0 spiro atoms. The molecule has 0 radical (unpaired) electrons. The van der Waals surface area contributed by atoms with Crippen molar-refractivity contribution in [2.45, 2.75) is 56.4 Å². The fraction of sp³-hybridized carbons (Fsp3) is 0.455. The maximum absolute atomic E-state index is 13.1. The molecule has 2 atom stereocenters. The molecule has 1 aromatic carbocycles. The zero-order valence-corrected chi connectivity index (χ0v) is 18.8. The van der Waals surface area contributed by atoms with Gasteiger partial charge in [-0.05, 0) is 55.5 Å². The number of amides is 1. The first-order chi connectivity index (χ1) is 15.1. The van der Waals surface area contributed by atoms with Gasteiger partial charge in [0.1, 0.15) is 5.82 Å². The summed E-state index contributed by atoms with van der Waals surface area (Å²) < 4.78 is 56.0. The third-order valence-electron chi connectivity index (χ3n) is 4.71. The molecule has 10 heteroatoms. The SMILES string of the molecule is CC1CCCCO1.CS(=O)c1ccc(CC(=O)Nc2ccc(CO)cn2)cc1C(F)(F)F. The van der Waals surface area contributed by atoms with E-state index >= 15 is 0 Å². The van der Waals surface area contributed by atoms with Crippen LogP contribution in [0.1, 0.15) is 42.9 Å². The van der Waals surface area contributed by atoms with Crippen LogP contribution >= 0.6 is 0 Å². The molecule has 0 aliphatic carbocycles. The van der Waals surface area contributed by atoms with Gasteiger partial charge in [-0.3, -0.25) is 9.00 Å². The summed E-state index contributed by atoms with van der Waals surface area (Å²) in [5.74, 6) is -0.313. The number of hydrogen-bond donors (Lipinski definition) is 2. The molecule has 6 nitrogen and oxygen atoms in total. The van der Waals surface area contributed by atoms with Crippen molar-refractivity contribution >= 4 is 22.5 Å². The molecule has 1 aliphatic rings. The normalized spacial score (nSPS) is 17.1. The van der Waals surface area contributed by atoms with E-state index in [2.05, 4.69) is 17.2 Å². The lowest BCUT2D eigenvalue weighted by Crippen LogP contribution is -2.17. The highest BCUT2D eigenvalue weighted by Gasteiger charge is 2.34. The average molecular weight is 473 g/mol. The summed E-state index contributed by atoms with van der Waals surface area (Å²) in [6.07, 6.45) is 2.03. The monoisotopic (exact) mass is 472 g/mol. The molecule has 176 valence electrons. The molecular weight excluding hydrogens is 445 g/mol. The predicted molar refractivity (Wildman–Crippen MR) is 116 cm³/mol. The minimum absolute atomic E-state index is 0.144. The zero-order chi connectivity index (χ0) is 23.7. The van der Waals surface area contributed by atoms with E-state index in [1.165, 1.54) is 43.8 Å². The van der Waals surface area contributed by atoms with Crippen LogP contribution in [0.4, 0.5) is 19.0 Å². The van der Waals surface area contributed by atoms with Crippen molar-refractivity contribution in [1.29, 1.82) is 0 Å². The molecule has 2 unspecified atom stereocenters. The molecule has 2 heterocycles. The third kappa shape index (κ3) is 8.33. The van der Waals surface area contributed by atoms with Crippen molar-refractivity contribution in [2.75, 3.05) is 18.2 Å². The maximum atomic E-state index is 13.1. The molecule has 1 saturated heterocycles. The van der Waals surface area contributed by atoms with Crippen LogP contribution in [0.15, 0.2) is 41.4 Å². The van der Waals surface area contributed by atoms with E-state index in [1.54, 1.807) is 6.07 Å². The number of aliphatic hydroxyl groups excluding tert-OH is 1. The van der Waals surface area contributed by atoms with Crippen molar-refractivity contribution in [2.24, 2.45) is 0 Å². The molecule has 1 aliphatic heterocycles. The standard InChI is InChI=1S/C16H15F3N2O3S.C6H12O/c1-25(24)13-4-2-10(6-12(13)16(17,18)19)7-15(23)21-14-5-3-11(9-22)8-20-14;1-6-4-2-3-5-7-6/h2-6,8,22H,7,9H2,1H3,(H,20,21,23);6H,2-5H2,1H3. The van der Waals surface area contributed by atoms with Gasteiger partial charge in [0.15, 0.2) is 0 Å². The molecule has 1 aromatic heterocycles. The van der Waals surface area contributed by atoms with E-state index in [0.29, 0.717) is 11.7 Å². The van der Waals surface area contributed by atoms with E-state index in [-0.39, 0.29) is 29.3 Å². The van der Waals surface area contributed by atoms with Gasteiger partial charge >= 0.3 is 6.18 Å². The van der Waals surface area contributed by atoms with Crippen LogP contribution in [-0.4, -0.2) is 39.2 Å². The van der Waals surface area contributed by atoms with Gasteiger partial charge in [0.05, 0.1) is 40.4 Å². The number of alkyl halides is 3. The van der Waals surface area contributed by atoms with Crippen LogP contribution in [0.25, 0.3) is 0 Å². The van der Waals surface area contributed by atoms with Crippen molar-refractivity contribution in [1.82, 2.24) is 4.98 Å². The Bertz CT molecular complexity index is 914. The molecule has 3 rings (SSSR count). The number of anilines is 1. The van der Waals surface area contributed by atoms with Gasteiger partial charge in [-0.1, -0.05) is 12.1 Å². The van der Waals surface area contributed by atoms with Crippen LogP contribution in [0, 0.1) is 0 Å². The number of carbonyl (C=O) groups is 1. The molecule has 2 aromatic rings. The van der Waals surface area contributed by atoms with E-state index in [1.807, 2.05) is 0 Å². The Morgan fingerprint density at radius 2 is 1.97 bits per heavy atom. The second kappa shape index (κ2) is 12.1. The molecule has 0 bridgehead atoms. The minimum atomic E-state index is -4.66. The first-order valence-corrected chi connectivity index (χ1v) is 11.7. The molecule has 0 saturated carbocycles. The van der Waals surface area contributed by atoms with Crippen LogP contribution in [-0.2, 0) is 39.5 Å². The number of hydrogen-bond acceptors (Lipinski definition) is 5. The maximum Gasteiger partial charge on any atom is 0.417 e. The van der Waals surface area contributed by atoms with Gasteiger partial charge in [0.2, 0.25) is 5.91 Å². The number of rotatable bonds is 5. The fourth-order valence-corrected chi connectivity index (χ4v) is 3.77. The second-order valence-electron chi connectivity index (χ2n) is 7.39. The van der Waals surface area contributed by atoms with Gasteiger partial charge in [-0.25, -0.2) is 4.98 Å².